The van der Waals surface area contributed by atoms with Gasteiger partial charge in [-0.2, -0.15) is 0 Å². The minimum atomic E-state index is -3.39. The van der Waals surface area contributed by atoms with Gasteiger partial charge in [-0.05, 0) is 36.0 Å². The summed E-state index contributed by atoms with van der Waals surface area (Å²) in [6.07, 6.45) is 4.19. The number of likely N-dealkylation sites (tertiary alicyclic amines) is 1. The molecule has 11 nitrogen and oxygen atoms in total. The van der Waals surface area contributed by atoms with Gasteiger partial charge in [0.05, 0.1) is 29.3 Å². The first-order valence-corrected chi connectivity index (χ1v) is 14.3. The Balaban J connectivity index is 1.54. The Labute approximate surface area is 216 Å². The summed E-state index contributed by atoms with van der Waals surface area (Å²) in [7, 11) is -3.39. The van der Waals surface area contributed by atoms with Crippen LogP contribution in [0.25, 0.3) is 0 Å². The minimum absolute atomic E-state index is 0.000523. The van der Waals surface area contributed by atoms with Crippen LogP contribution in [0.2, 0.25) is 0 Å². The molecule has 2 aromatic rings. The highest BCUT2D eigenvalue weighted by atomic mass is 32.2. The number of carbonyl (C=O) groups excluding carboxylic acids is 2. The second-order valence-electron chi connectivity index (χ2n) is 11.1. The van der Waals surface area contributed by atoms with Crippen LogP contribution < -0.4 is 5.32 Å². The van der Waals surface area contributed by atoms with Gasteiger partial charge in [-0.1, -0.05) is 38.1 Å². The SMILES string of the molecule is CC(C)(C)[C@@H](C(=O)N1C[C@H](O)C[C@H]1C(=O)NC(CO)c1ccc(S(C)(=O)=O)cc1)n1cc(C2CC2)nn1. The number of sulfone groups is 1. The van der Waals surface area contributed by atoms with Gasteiger partial charge < -0.3 is 20.4 Å². The molecule has 4 atom stereocenters. The summed E-state index contributed by atoms with van der Waals surface area (Å²) in [5, 5.41) is 31.6. The lowest BCUT2D eigenvalue weighted by atomic mass is 9.85. The molecule has 1 saturated carbocycles. The van der Waals surface area contributed by atoms with E-state index < -0.39 is 52.0 Å². The smallest absolute Gasteiger partial charge is 0.248 e. The van der Waals surface area contributed by atoms with E-state index in [2.05, 4.69) is 15.6 Å². The molecule has 2 fully saturated rings. The van der Waals surface area contributed by atoms with E-state index in [0.29, 0.717) is 11.5 Å². The monoisotopic (exact) mass is 533 g/mol. The van der Waals surface area contributed by atoms with E-state index in [1.165, 1.54) is 29.2 Å². The van der Waals surface area contributed by atoms with Gasteiger partial charge in [0.25, 0.3) is 0 Å². The molecule has 4 rings (SSSR count). The quantitative estimate of drug-likeness (QED) is 0.453. The van der Waals surface area contributed by atoms with E-state index in [9.17, 15) is 28.2 Å². The molecule has 2 amide bonds. The third-order valence-electron chi connectivity index (χ3n) is 6.92. The molecule has 1 aromatic heterocycles. The van der Waals surface area contributed by atoms with Crippen molar-refractivity contribution in [3.8, 4) is 0 Å². The highest BCUT2D eigenvalue weighted by molar-refractivity contribution is 7.90. The van der Waals surface area contributed by atoms with Crippen LogP contribution in [0.1, 0.15) is 69.3 Å². The Morgan fingerprint density at radius 1 is 1.19 bits per heavy atom. The summed E-state index contributed by atoms with van der Waals surface area (Å²) in [6, 6.07) is 3.40. The predicted octanol–water partition coefficient (Wildman–Crippen LogP) is 0.958. The highest BCUT2D eigenvalue weighted by Crippen LogP contribution is 2.40. The minimum Gasteiger partial charge on any atom is -0.394 e. The lowest BCUT2D eigenvalue weighted by Crippen LogP contribution is -2.51. The lowest BCUT2D eigenvalue weighted by molar-refractivity contribution is -0.144. The van der Waals surface area contributed by atoms with Crippen LogP contribution in [0.15, 0.2) is 35.4 Å². The number of aliphatic hydroxyl groups excluding tert-OH is 2. The maximum atomic E-state index is 13.8. The summed E-state index contributed by atoms with van der Waals surface area (Å²) < 4.78 is 25.0. The molecule has 0 bridgehead atoms. The largest absolute Gasteiger partial charge is 0.394 e. The van der Waals surface area contributed by atoms with E-state index in [4.69, 9.17) is 0 Å². The number of amides is 2. The maximum Gasteiger partial charge on any atom is 0.248 e. The Bertz CT molecular complexity index is 1250. The first-order valence-electron chi connectivity index (χ1n) is 12.4. The van der Waals surface area contributed by atoms with E-state index in [0.717, 1.165) is 24.8 Å². The highest BCUT2D eigenvalue weighted by Gasteiger charge is 2.45. The van der Waals surface area contributed by atoms with Crippen molar-refractivity contribution in [1.82, 2.24) is 25.2 Å². The Hall–Kier alpha value is -2.83. The molecule has 3 N–H and O–H groups in total. The van der Waals surface area contributed by atoms with Crippen LogP contribution in [0, 0.1) is 5.41 Å². The van der Waals surface area contributed by atoms with Crippen molar-refractivity contribution in [1.29, 1.82) is 0 Å². The molecule has 0 radical (unpaired) electrons. The molecule has 37 heavy (non-hydrogen) atoms. The van der Waals surface area contributed by atoms with Crippen LogP contribution in [-0.4, -0.2) is 81.9 Å². The molecular weight excluding hydrogens is 498 g/mol. The number of carbonyl (C=O) groups is 2. The van der Waals surface area contributed by atoms with E-state index >= 15 is 0 Å². The zero-order chi connectivity index (χ0) is 27.1. The van der Waals surface area contributed by atoms with Gasteiger partial charge in [0.2, 0.25) is 11.8 Å². The normalized spacial score (nSPS) is 22.1. The molecule has 2 aliphatic rings. The fourth-order valence-electron chi connectivity index (χ4n) is 4.78. The third-order valence-corrected chi connectivity index (χ3v) is 8.05. The van der Waals surface area contributed by atoms with Crippen LogP contribution in [-0.2, 0) is 19.4 Å². The Morgan fingerprint density at radius 2 is 1.84 bits per heavy atom. The van der Waals surface area contributed by atoms with Gasteiger partial charge in [-0.3, -0.25) is 9.59 Å². The van der Waals surface area contributed by atoms with Crippen molar-refractivity contribution >= 4 is 21.7 Å². The van der Waals surface area contributed by atoms with Gasteiger partial charge in [0.1, 0.15) is 12.1 Å². The summed E-state index contributed by atoms with van der Waals surface area (Å²) in [5.74, 6) is -0.478. The van der Waals surface area contributed by atoms with E-state index in [-0.39, 0.29) is 23.8 Å². The summed E-state index contributed by atoms with van der Waals surface area (Å²) in [6.45, 7) is 5.31. The van der Waals surface area contributed by atoms with Crippen LogP contribution in [0.3, 0.4) is 0 Å². The topological polar surface area (TPSA) is 155 Å². The predicted molar refractivity (Wildman–Crippen MR) is 134 cm³/mol. The van der Waals surface area contributed by atoms with Gasteiger partial charge in [-0.15, -0.1) is 5.10 Å². The number of nitrogens with zero attached hydrogens (tertiary/aromatic N) is 4. The van der Waals surface area contributed by atoms with E-state index in [1.807, 2.05) is 20.8 Å². The summed E-state index contributed by atoms with van der Waals surface area (Å²) in [5.41, 5.74) is 0.822. The fraction of sp³-hybridized carbons (Fsp3) is 0.600. The zero-order valence-electron chi connectivity index (χ0n) is 21.5. The number of nitrogens with one attached hydrogen (secondary N) is 1. The molecule has 1 aliphatic heterocycles. The van der Waals surface area contributed by atoms with Gasteiger partial charge in [0.15, 0.2) is 9.84 Å². The van der Waals surface area contributed by atoms with Crippen molar-refractivity contribution in [2.45, 2.75) is 75.1 Å². The van der Waals surface area contributed by atoms with Crippen molar-refractivity contribution in [3.63, 3.8) is 0 Å². The number of hydrogen-bond donors (Lipinski definition) is 3. The van der Waals surface area contributed by atoms with Crippen LogP contribution >= 0.6 is 0 Å². The van der Waals surface area contributed by atoms with Gasteiger partial charge in [0, 0.05) is 31.3 Å². The molecular formula is C25H35N5O6S. The van der Waals surface area contributed by atoms with Crippen molar-refractivity contribution in [3.05, 3.63) is 41.7 Å². The van der Waals surface area contributed by atoms with Crippen LogP contribution in [0.4, 0.5) is 0 Å². The second-order valence-corrected chi connectivity index (χ2v) is 13.2. The standard InChI is InChI=1S/C25H35N5O6S/c1-25(2,3)22(30-13-19(27-28-30)15-5-6-15)24(34)29-12-17(32)11-21(29)23(33)26-20(14-31)16-7-9-18(10-8-16)37(4,35)36/h7-10,13,15,17,20-22,31-32H,5-6,11-12,14H2,1-4H3,(H,26,33)/t17-,20?,21+,22-/m1/s1. The molecule has 1 aromatic carbocycles. The first-order chi connectivity index (χ1) is 17.3. The molecule has 1 saturated heterocycles. The molecule has 2 heterocycles. The average molecular weight is 534 g/mol. The fourth-order valence-corrected chi connectivity index (χ4v) is 5.41. The Morgan fingerprint density at radius 3 is 2.38 bits per heavy atom. The molecule has 1 aliphatic carbocycles. The zero-order valence-corrected chi connectivity index (χ0v) is 22.4. The second kappa shape index (κ2) is 10.1. The number of benzene rings is 1. The number of aliphatic hydroxyl groups is 2. The van der Waals surface area contributed by atoms with Crippen molar-refractivity contribution in [2.24, 2.45) is 5.41 Å². The molecule has 1 unspecified atom stereocenters. The van der Waals surface area contributed by atoms with Gasteiger partial charge in [-0.25, -0.2) is 13.1 Å². The molecule has 202 valence electrons. The number of hydrogen-bond acceptors (Lipinski definition) is 8. The number of rotatable bonds is 8. The maximum absolute atomic E-state index is 13.8. The number of aromatic nitrogens is 3. The van der Waals surface area contributed by atoms with Crippen LogP contribution in [0.5, 0.6) is 0 Å². The number of β-amino-alcohol motifs (C(OH)–C–C–N with tert-alkyl or cyclic N) is 1. The van der Waals surface area contributed by atoms with Crippen molar-refractivity contribution in [2.75, 3.05) is 19.4 Å². The third kappa shape index (κ3) is 6.02. The summed E-state index contributed by atoms with van der Waals surface area (Å²) in [4.78, 5) is 28.7. The van der Waals surface area contributed by atoms with Gasteiger partial charge >= 0.3 is 0 Å². The van der Waals surface area contributed by atoms with Crippen molar-refractivity contribution < 1.29 is 28.2 Å². The summed E-state index contributed by atoms with van der Waals surface area (Å²) >= 11 is 0. The van der Waals surface area contributed by atoms with E-state index in [1.54, 1.807) is 10.9 Å². The molecule has 0 spiro atoms. The Kier molecular flexibility index (Phi) is 7.46. The lowest BCUT2D eigenvalue weighted by Gasteiger charge is -2.35. The first kappa shape index (κ1) is 27.2. The average Bonchev–Trinajstić information content (AvgIpc) is 3.43. The molecule has 12 heteroatoms.